The number of rotatable bonds is 1. The minimum absolute atomic E-state index is 1.25. The summed E-state index contributed by atoms with van der Waals surface area (Å²) in [6.45, 7) is 0. The van der Waals surface area contributed by atoms with Gasteiger partial charge in [0.25, 0.3) is 6.34 Å². The number of aromatic nitrogens is 1. The summed E-state index contributed by atoms with van der Waals surface area (Å²) >= 11 is 0. The first-order valence-corrected chi connectivity index (χ1v) is 4.25. The van der Waals surface area contributed by atoms with Crippen LogP contribution < -0.4 is 23.2 Å². The van der Waals surface area contributed by atoms with Crippen LogP contribution >= 0.6 is 0 Å². The Bertz CT molecular complexity index is 243. The molecule has 0 aliphatic rings. The Morgan fingerprint density at radius 3 is 1.62 bits per heavy atom. The third-order valence-corrected chi connectivity index (χ3v) is 0.888. The molecule has 1 aromatic heterocycles. The second-order valence-electron chi connectivity index (χ2n) is 1.83. The van der Waals surface area contributed by atoms with Crippen molar-refractivity contribution in [1.82, 2.24) is 0 Å². The summed E-state index contributed by atoms with van der Waals surface area (Å²) in [7, 11) is -4.94. The van der Waals surface area contributed by atoms with Gasteiger partial charge in [-0.05, 0) is 12.1 Å². The quantitative estimate of drug-likeness (QED) is 0.284. The second-order valence-corrected chi connectivity index (χ2v) is 2.59. The van der Waals surface area contributed by atoms with E-state index in [1.807, 2.05) is 30.6 Å². The van der Waals surface area contributed by atoms with Crippen LogP contribution in [0.1, 0.15) is 0 Å². The van der Waals surface area contributed by atoms with Gasteiger partial charge >= 0.3 is 0 Å². The molecule has 0 aromatic carbocycles. The summed E-state index contributed by atoms with van der Waals surface area (Å²) in [5.74, 6) is 0. The average Bonchev–Trinajstić information content (AvgIpc) is 2.03. The first-order valence-electron chi connectivity index (χ1n) is 3.01. The van der Waals surface area contributed by atoms with Gasteiger partial charge < -0.3 is 0 Å². The summed E-state index contributed by atoms with van der Waals surface area (Å²) in [4.78, 5) is 0. The Morgan fingerprint density at radius 2 is 1.38 bits per heavy atom. The highest BCUT2D eigenvalue weighted by atomic mass is 35.7. The molecule has 0 aliphatic heterocycles. The highest BCUT2D eigenvalue weighted by Crippen LogP contribution is 1.72. The van der Waals surface area contributed by atoms with Crippen molar-refractivity contribution in [2.24, 2.45) is 0 Å². The number of nitrogens with zero attached hydrogens (tertiary/aromatic N) is 1. The van der Waals surface area contributed by atoms with Crippen molar-refractivity contribution in [3.8, 4) is 0 Å². The number of pyridine rings is 1. The molecule has 1 heterocycles. The van der Waals surface area contributed by atoms with Gasteiger partial charge in [-0.2, -0.15) is 0 Å². The van der Waals surface area contributed by atoms with Crippen molar-refractivity contribution in [1.29, 1.82) is 5.41 Å². The van der Waals surface area contributed by atoms with E-state index in [-0.39, 0.29) is 0 Å². The lowest BCUT2D eigenvalue weighted by Gasteiger charge is -2.17. The summed E-state index contributed by atoms with van der Waals surface area (Å²) < 4.78 is 35.6. The van der Waals surface area contributed by atoms with Gasteiger partial charge in [0.1, 0.15) is 0 Å². The monoisotopic (exact) mass is 206 g/mol. The fourth-order valence-corrected chi connectivity index (χ4v) is 0.498. The first kappa shape index (κ1) is 11.9. The standard InChI is InChI=1S/C6H7N2.ClHO4/c7-6-8-4-2-1-3-5-8;2-1(3,4)5/h1-7H;(H,2,3,4,5)/q+1;/p-1. The van der Waals surface area contributed by atoms with Gasteiger partial charge in [-0.1, -0.05) is 6.07 Å². The lowest BCUT2D eigenvalue weighted by Crippen LogP contribution is -2.68. The molecule has 0 amide bonds. The van der Waals surface area contributed by atoms with Crippen molar-refractivity contribution in [2.45, 2.75) is 0 Å². The second kappa shape index (κ2) is 5.57. The van der Waals surface area contributed by atoms with E-state index in [4.69, 9.17) is 24.0 Å². The number of hydrogen-bond donors (Lipinski definition) is 1. The summed E-state index contributed by atoms with van der Waals surface area (Å²) in [6, 6.07) is 5.68. The molecule has 0 bridgehead atoms. The molecule has 0 unspecified atom stereocenters. The molecular formula is C6H7ClN2O4. The van der Waals surface area contributed by atoms with Gasteiger partial charge in [0.05, 0.1) is 12.4 Å². The summed E-state index contributed by atoms with van der Waals surface area (Å²) in [6.07, 6.45) is 4.88. The van der Waals surface area contributed by atoms with E-state index < -0.39 is 10.2 Å². The highest BCUT2D eigenvalue weighted by molar-refractivity contribution is 5.37. The molecule has 0 saturated carbocycles. The van der Waals surface area contributed by atoms with Crippen LogP contribution in [-0.4, -0.2) is 6.34 Å². The largest absolute Gasteiger partial charge is 0.281 e. The van der Waals surface area contributed by atoms with Crippen LogP contribution in [0.25, 0.3) is 0 Å². The summed E-state index contributed by atoms with van der Waals surface area (Å²) in [5, 5.41) is 6.78. The molecule has 1 aromatic rings. The van der Waals surface area contributed by atoms with Gasteiger partial charge in [0, 0.05) is 0 Å². The van der Waals surface area contributed by atoms with E-state index in [9.17, 15) is 0 Å². The smallest absolute Gasteiger partial charge is 0.222 e. The van der Waals surface area contributed by atoms with Crippen LogP contribution in [0, 0.1) is 15.7 Å². The van der Waals surface area contributed by atoms with Crippen molar-refractivity contribution in [3.63, 3.8) is 0 Å². The van der Waals surface area contributed by atoms with Crippen LogP contribution in [0.4, 0.5) is 0 Å². The van der Waals surface area contributed by atoms with Gasteiger partial charge in [0.15, 0.2) is 0 Å². The van der Waals surface area contributed by atoms with Gasteiger partial charge in [-0.25, -0.2) is 23.2 Å². The van der Waals surface area contributed by atoms with Crippen LogP contribution in [0.15, 0.2) is 30.6 Å². The zero-order valence-electron chi connectivity index (χ0n) is 6.42. The van der Waals surface area contributed by atoms with E-state index in [0.717, 1.165) is 0 Å². The predicted molar refractivity (Wildman–Crippen MR) is 30.8 cm³/mol. The molecule has 6 nitrogen and oxygen atoms in total. The number of nitrogens with one attached hydrogen (secondary N) is 1. The van der Waals surface area contributed by atoms with E-state index in [1.165, 1.54) is 6.34 Å². The van der Waals surface area contributed by atoms with E-state index in [1.54, 1.807) is 4.57 Å². The molecule has 7 heteroatoms. The molecule has 13 heavy (non-hydrogen) atoms. The molecule has 0 saturated heterocycles. The topological polar surface area (TPSA) is 120 Å². The first-order chi connectivity index (χ1) is 5.93. The van der Waals surface area contributed by atoms with Crippen molar-refractivity contribution >= 4 is 6.34 Å². The third-order valence-electron chi connectivity index (χ3n) is 0.888. The fraction of sp³-hybridized carbons (Fsp3) is 0. The predicted octanol–water partition coefficient (Wildman–Crippen LogP) is -4.33. The molecule has 1 N–H and O–H groups in total. The highest BCUT2D eigenvalue weighted by Gasteiger charge is 1.84. The van der Waals surface area contributed by atoms with Crippen molar-refractivity contribution < 1.29 is 33.4 Å². The zero-order chi connectivity index (χ0) is 10.3. The molecule has 0 aliphatic carbocycles. The maximum absolute atomic E-state index is 8.49. The third kappa shape index (κ3) is 10.9. The molecule has 0 atom stereocenters. The Hall–Kier alpha value is -1.05. The van der Waals surface area contributed by atoms with Gasteiger partial charge in [0.2, 0.25) is 0 Å². The number of halogens is 1. The van der Waals surface area contributed by atoms with Gasteiger partial charge in [-0.3, -0.25) is 0 Å². The molecule has 0 radical (unpaired) electrons. The maximum atomic E-state index is 8.49. The van der Waals surface area contributed by atoms with E-state index >= 15 is 0 Å². The molecule has 72 valence electrons. The molecule has 1 rings (SSSR count). The van der Waals surface area contributed by atoms with E-state index in [2.05, 4.69) is 0 Å². The van der Waals surface area contributed by atoms with Crippen molar-refractivity contribution in [2.75, 3.05) is 0 Å². The van der Waals surface area contributed by atoms with Crippen LogP contribution in [-0.2, 0) is 0 Å². The fourth-order valence-electron chi connectivity index (χ4n) is 0.498. The van der Waals surface area contributed by atoms with Crippen LogP contribution in [0.5, 0.6) is 0 Å². The molecule has 0 fully saturated rings. The lowest BCUT2D eigenvalue weighted by atomic mass is 10.5. The Balaban J connectivity index is 0.000000252. The van der Waals surface area contributed by atoms with E-state index in [0.29, 0.717) is 0 Å². The average molecular weight is 207 g/mol. The Labute approximate surface area is 76.6 Å². The minimum atomic E-state index is -4.94. The zero-order valence-corrected chi connectivity index (χ0v) is 7.18. The SMILES string of the molecule is N=C[n+]1ccccc1.[O-][Cl+3]([O-])([O-])[O-]. The number of hydrogen-bond acceptors (Lipinski definition) is 5. The Kier molecular flexibility index (Phi) is 5.12. The van der Waals surface area contributed by atoms with Crippen LogP contribution in [0.2, 0.25) is 0 Å². The van der Waals surface area contributed by atoms with Crippen LogP contribution in [0.3, 0.4) is 0 Å². The summed E-state index contributed by atoms with van der Waals surface area (Å²) in [5.41, 5.74) is 0. The normalized spacial score (nSPS) is 9.85. The minimum Gasteiger partial charge on any atom is -0.222 e. The molecular weight excluding hydrogens is 200 g/mol. The van der Waals surface area contributed by atoms with Gasteiger partial charge in [-0.15, -0.1) is 15.7 Å². The Morgan fingerprint density at radius 1 is 1.00 bits per heavy atom. The van der Waals surface area contributed by atoms with Crippen molar-refractivity contribution in [3.05, 3.63) is 30.6 Å². The lowest BCUT2D eigenvalue weighted by molar-refractivity contribution is -2.00. The molecule has 0 spiro atoms. The maximum Gasteiger partial charge on any atom is 0.281 e.